The van der Waals surface area contributed by atoms with Crippen molar-refractivity contribution in [3.8, 4) is 0 Å². The lowest BCUT2D eigenvalue weighted by Gasteiger charge is -2.25. The minimum Gasteiger partial charge on any atom is -0.392 e. The Morgan fingerprint density at radius 1 is 1.06 bits per heavy atom. The fourth-order valence-electron chi connectivity index (χ4n) is 1.98. The zero-order valence-electron chi connectivity index (χ0n) is 11.5. The molecule has 102 valence electrons. The Balaban J connectivity index is 2.84. The monoisotopic (exact) mass is 253 g/mol. The van der Waals surface area contributed by atoms with Crippen LogP contribution in [0.3, 0.4) is 0 Å². The van der Waals surface area contributed by atoms with Gasteiger partial charge in [0.1, 0.15) is 5.82 Å². The predicted molar refractivity (Wildman–Crippen MR) is 74.4 cm³/mol. The molecule has 1 aromatic carbocycles. The first-order chi connectivity index (χ1) is 8.71. The van der Waals surface area contributed by atoms with E-state index in [1.165, 1.54) is 6.07 Å². The van der Waals surface area contributed by atoms with E-state index in [-0.39, 0.29) is 12.4 Å². The van der Waals surface area contributed by atoms with Crippen LogP contribution in [-0.2, 0) is 6.61 Å². The average Bonchev–Trinajstić information content (AvgIpc) is 2.38. The summed E-state index contributed by atoms with van der Waals surface area (Å²) in [6.07, 6.45) is 4.47. The van der Waals surface area contributed by atoms with Crippen LogP contribution >= 0.6 is 0 Å². The van der Waals surface area contributed by atoms with Crippen molar-refractivity contribution in [2.45, 2.75) is 46.1 Å². The Kier molecular flexibility index (Phi) is 6.73. The molecule has 0 radical (unpaired) electrons. The molecule has 0 bridgehead atoms. The van der Waals surface area contributed by atoms with E-state index in [9.17, 15) is 4.39 Å². The lowest BCUT2D eigenvalue weighted by atomic mass is 10.1. The van der Waals surface area contributed by atoms with Crippen molar-refractivity contribution in [1.82, 2.24) is 0 Å². The highest BCUT2D eigenvalue weighted by Crippen LogP contribution is 2.20. The van der Waals surface area contributed by atoms with Crippen molar-refractivity contribution >= 4 is 5.69 Å². The molecule has 0 spiro atoms. The molecular weight excluding hydrogens is 229 g/mol. The average molecular weight is 253 g/mol. The van der Waals surface area contributed by atoms with Crippen LogP contribution in [-0.4, -0.2) is 18.2 Å². The van der Waals surface area contributed by atoms with Crippen LogP contribution in [0.1, 0.15) is 45.1 Å². The molecule has 0 aliphatic carbocycles. The Hall–Kier alpha value is -1.09. The summed E-state index contributed by atoms with van der Waals surface area (Å²) in [4.78, 5) is 2.22. The normalized spacial score (nSPS) is 10.7. The van der Waals surface area contributed by atoms with Gasteiger partial charge in [0.05, 0.1) is 6.61 Å². The minimum atomic E-state index is -0.269. The van der Waals surface area contributed by atoms with Crippen molar-refractivity contribution < 1.29 is 9.50 Å². The molecular formula is C15H24FNO. The molecule has 1 aromatic rings. The molecule has 0 aliphatic rings. The molecule has 0 saturated carbocycles. The lowest BCUT2D eigenvalue weighted by Crippen LogP contribution is -2.25. The van der Waals surface area contributed by atoms with Crippen molar-refractivity contribution in [3.63, 3.8) is 0 Å². The van der Waals surface area contributed by atoms with E-state index in [1.54, 1.807) is 6.07 Å². The maximum atomic E-state index is 13.5. The van der Waals surface area contributed by atoms with Gasteiger partial charge in [0.2, 0.25) is 0 Å². The Labute approximate surface area is 109 Å². The molecule has 3 heteroatoms. The highest BCUT2D eigenvalue weighted by atomic mass is 19.1. The Morgan fingerprint density at radius 2 is 1.67 bits per heavy atom. The van der Waals surface area contributed by atoms with E-state index >= 15 is 0 Å². The molecule has 1 N–H and O–H groups in total. The highest BCUT2D eigenvalue weighted by molar-refractivity contribution is 5.49. The van der Waals surface area contributed by atoms with Gasteiger partial charge in [-0.2, -0.15) is 0 Å². The Bertz CT molecular complexity index is 346. The highest BCUT2D eigenvalue weighted by Gasteiger charge is 2.08. The molecule has 0 saturated heterocycles. The van der Waals surface area contributed by atoms with Gasteiger partial charge in [-0.1, -0.05) is 26.7 Å². The summed E-state index contributed by atoms with van der Waals surface area (Å²) in [5.74, 6) is -0.269. The Morgan fingerprint density at radius 3 is 2.17 bits per heavy atom. The third-order valence-electron chi connectivity index (χ3n) is 3.05. The molecule has 1 rings (SSSR count). The molecule has 2 nitrogen and oxygen atoms in total. The summed E-state index contributed by atoms with van der Waals surface area (Å²) in [5, 5.41) is 9.14. The second kappa shape index (κ2) is 8.09. The van der Waals surface area contributed by atoms with Crippen LogP contribution in [0, 0.1) is 5.82 Å². The first-order valence-corrected chi connectivity index (χ1v) is 6.86. The number of aliphatic hydroxyl groups excluding tert-OH is 1. The predicted octanol–water partition coefficient (Wildman–Crippen LogP) is 3.72. The lowest BCUT2D eigenvalue weighted by molar-refractivity contribution is 0.281. The number of anilines is 1. The van der Waals surface area contributed by atoms with E-state index < -0.39 is 0 Å². The SMILES string of the molecule is CCCCN(CCCC)c1cc(F)cc(CO)c1. The summed E-state index contributed by atoms with van der Waals surface area (Å²) in [7, 11) is 0. The van der Waals surface area contributed by atoms with Gasteiger partial charge in [-0.15, -0.1) is 0 Å². The largest absolute Gasteiger partial charge is 0.392 e. The number of halogens is 1. The third kappa shape index (κ3) is 4.65. The van der Waals surface area contributed by atoms with Gasteiger partial charge >= 0.3 is 0 Å². The van der Waals surface area contributed by atoms with Gasteiger partial charge in [-0.25, -0.2) is 4.39 Å². The van der Waals surface area contributed by atoms with Crippen LogP contribution in [0.15, 0.2) is 18.2 Å². The number of benzene rings is 1. The van der Waals surface area contributed by atoms with Crippen molar-refractivity contribution in [3.05, 3.63) is 29.6 Å². The number of hydrogen-bond donors (Lipinski definition) is 1. The summed E-state index contributed by atoms with van der Waals surface area (Å²) < 4.78 is 13.5. The molecule has 0 amide bonds. The second-order valence-electron chi connectivity index (χ2n) is 4.67. The van der Waals surface area contributed by atoms with Crippen molar-refractivity contribution in [1.29, 1.82) is 0 Å². The maximum Gasteiger partial charge on any atom is 0.125 e. The number of hydrogen-bond acceptors (Lipinski definition) is 2. The van der Waals surface area contributed by atoms with Gasteiger partial charge in [0, 0.05) is 18.8 Å². The van der Waals surface area contributed by atoms with Crippen molar-refractivity contribution in [2.24, 2.45) is 0 Å². The topological polar surface area (TPSA) is 23.5 Å². The molecule has 0 atom stereocenters. The van der Waals surface area contributed by atoms with E-state index in [4.69, 9.17) is 5.11 Å². The van der Waals surface area contributed by atoms with Crippen molar-refractivity contribution in [2.75, 3.05) is 18.0 Å². The van der Waals surface area contributed by atoms with Gasteiger partial charge in [0.25, 0.3) is 0 Å². The van der Waals surface area contributed by atoms with Gasteiger partial charge in [-0.3, -0.25) is 0 Å². The molecule has 0 heterocycles. The number of rotatable bonds is 8. The van der Waals surface area contributed by atoms with E-state index in [0.717, 1.165) is 44.5 Å². The quantitative estimate of drug-likeness (QED) is 0.763. The zero-order valence-corrected chi connectivity index (χ0v) is 11.5. The van der Waals surface area contributed by atoms with Crippen LogP contribution < -0.4 is 4.90 Å². The third-order valence-corrected chi connectivity index (χ3v) is 3.05. The van der Waals surface area contributed by atoms with E-state index in [2.05, 4.69) is 18.7 Å². The zero-order chi connectivity index (χ0) is 13.4. The summed E-state index contributed by atoms with van der Waals surface area (Å²) in [6.45, 7) is 6.10. The molecule has 0 aromatic heterocycles. The first kappa shape index (κ1) is 15.0. The first-order valence-electron chi connectivity index (χ1n) is 6.86. The van der Waals surface area contributed by atoms with E-state index in [1.807, 2.05) is 6.07 Å². The number of unbranched alkanes of at least 4 members (excludes halogenated alkanes) is 2. The van der Waals surface area contributed by atoms with E-state index in [0.29, 0.717) is 5.56 Å². The summed E-state index contributed by atoms with van der Waals surface area (Å²) >= 11 is 0. The van der Waals surface area contributed by atoms with Crippen LogP contribution in [0.25, 0.3) is 0 Å². The summed E-state index contributed by atoms with van der Waals surface area (Å²) in [6, 6.07) is 4.83. The summed E-state index contributed by atoms with van der Waals surface area (Å²) in [5.41, 5.74) is 1.53. The fraction of sp³-hybridized carbons (Fsp3) is 0.600. The van der Waals surface area contributed by atoms with Gasteiger partial charge in [0.15, 0.2) is 0 Å². The van der Waals surface area contributed by atoms with Crippen LogP contribution in [0.5, 0.6) is 0 Å². The smallest absolute Gasteiger partial charge is 0.125 e. The number of aliphatic hydroxyl groups is 1. The van der Waals surface area contributed by atoms with Gasteiger partial charge < -0.3 is 10.0 Å². The minimum absolute atomic E-state index is 0.111. The van der Waals surface area contributed by atoms with Crippen LogP contribution in [0.2, 0.25) is 0 Å². The maximum absolute atomic E-state index is 13.5. The standard InChI is InChI=1S/C15H24FNO/c1-3-5-7-17(8-6-4-2)15-10-13(12-18)9-14(16)11-15/h9-11,18H,3-8,12H2,1-2H3. The molecule has 0 aliphatic heterocycles. The molecule has 18 heavy (non-hydrogen) atoms. The molecule has 0 fully saturated rings. The van der Waals surface area contributed by atoms with Gasteiger partial charge in [-0.05, 0) is 36.6 Å². The van der Waals surface area contributed by atoms with Crippen LogP contribution in [0.4, 0.5) is 10.1 Å². The second-order valence-corrected chi connectivity index (χ2v) is 4.67. The fourth-order valence-corrected chi connectivity index (χ4v) is 1.98. The molecule has 0 unspecified atom stereocenters. The number of nitrogens with zero attached hydrogens (tertiary/aromatic N) is 1.